The highest BCUT2D eigenvalue weighted by Crippen LogP contribution is 2.38. The van der Waals surface area contributed by atoms with Gasteiger partial charge in [0.1, 0.15) is 13.2 Å². The van der Waals surface area contributed by atoms with Crippen LogP contribution >= 0.6 is 7.82 Å². The molecule has 0 aromatic heterocycles. The van der Waals surface area contributed by atoms with Crippen LogP contribution < -0.4 is 10.2 Å². The average molecular weight is 1160 g/mol. The number of hydrogen-bond donors (Lipinski definition) is 2. The fraction of sp³-hybridized carbons (Fsp3) is 0.903. The Kier molecular flexibility index (Phi) is 62.2. The minimum Gasteiger partial charge on any atom is -0.756 e. The van der Waals surface area contributed by atoms with Gasteiger partial charge in [-0.1, -0.05) is 339 Å². The third-order valence-corrected chi connectivity index (χ3v) is 17.5. The predicted octanol–water partition coefficient (Wildman–Crippen LogP) is 22.2. The first-order valence-electron chi connectivity index (χ1n) is 35.9. The standard InChI is InChI=1S/C72H141N2O6P/c1-6-8-10-12-14-16-18-20-22-24-26-28-29-30-31-32-33-34-35-36-37-38-39-40-41-42-43-44-45-46-48-50-52-54-56-58-60-62-64-66-72(76)73-70(69-80-81(77,78)79-68-67-74(3,4)5)71(75)65-63-61-59-57-55-53-51-49-47-27-25-23-21-19-17-15-13-11-9-7-2/h24,26,55,57,63,65,70-71,75H,6-23,25,27-54,56,58-62,64,66-69H2,1-5H3,(H-,73,76,77,78)/b26-24-,57-55+,65-63+. The first kappa shape index (κ1) is 79.7. The highest BCUT2D eigenvalue weighted by Gasteiger charge is 2.23. The molecule has 0 aliphatic carbocycles. The van der Waals surface area contributed by atoms with Gasteiger partial charge < -0.3 is 28.8 Å². The van der Waals surface area contributed by atoms with Gasteiger partial charge in [-0.2, -0.15) is 0 Å². The van der Waals surface area contributed by atoms with Crippen LogP contribution in [-0.2, 0) is 18.4 Å². The van der Waals surface area contributed by atoms with Gasteiger partial charge in [-0.25, -0.2) is 0 Å². The molecular weight excluding hydrogens is 1020 g/mol. The van der Waals surface area contributed by atoms with E-state index >= 15 is 0 Å². The number of amides is 1. The van der Waals surface area contributed by atoms with E-state index in [1.165, 1.54) is 308 Å². The third kappa shape index (κ3) is 66.1. The van der Waals surface area contributed by atoms with Crippen LogP contribution in [0.25, 0.3) is 0 Å². The van der Waals surface area contributed by atoms with Crippen molar-refractivity contribution >= 4 is 13.7 Å². The predicted molar refractivity (Wildman–Crippen MR) is 353 cm³/mol. The molecule has 3 unspecified atom stereocenters. The summed E-state index contributed by atoms with van der Waals surface area (Å²) in [7, 11) is 1.26. The minimum absolute atomic E-state index is 0.00418. The van der Waals surface area contributed by atoms with Crippen molar-refractivity contribution in [3.8, 4) is 0 Å². The Morgan fingerprint density at radius 2 is 0.691 bits per heavy atom. The second-order valence-electron chi connectivity index (χ2n) is 25.9. The molecule has 0 aromatic rings. The maximum atomic E-state index is 13.0. The van der Waals surface area contributed by atoms with Crippen LogP contribution in [0.2, 0.25) is 0 Å². The summed E-state index contributed by atoms with van der Waals surface area (Å²) >= 11 is 0. The van der Waals surface area contributed by atoms with Gasteiger partial charge in [0.05, 0.1) is 39.9 Å². The maximum Gasteiger partial charge on any atom is 0.268 e. The zero-order chi connectivity index (χ0) is 59.1. The lowest BCUT2D eigenvalue weighted by atomic mass is 10.0. The van der Waals surface area contributed by atoms with Crippen molar-refractivity contribution < 1.29 is 32.9 Å². The topological polar surface area (TPSA) is 108 Å². The number of aliphatic hydroxyl groups is 1. The minimum atomic E-state index is -4.61. The number of carbonyl (C=O) groups excluding carboxylic acids is 1. The van der Waals surface area contributed by atoms with Gasteiger partial charge in [-0.05, 0) is 57.8 Å². The van der Waals surface area contributed by atoms with Crippen molar-refractivity contribution in [2.75, 3.05) is 40.9 Å². The van der Waals surface area contributed by atoms with Gasteiger partial charge in [-0.15, -0.1) is 0 Å². The van der Waals surface area contributed by atoms with Crippen LogP contribution in [0.5, 0.6) is 0 Å². The van der Waals surface area contributed by atoms with E-state index in [2.05, 4.69) is 43.5 Å². The molecule has 0 spiro atoms. The summed E-state index contributed by atoms with van der Waals surface area (Å²) in [5.41, 5.74) is 0. The number of quaternary nitrogens is 1. The molecule has 8 nitrogen and oxygen atoms in total. The van der Waals surface area contributed by atoms with Crippen LogP contribution in [-0.4, -0.2) is 68.5 Å². The molecule has 0 saturated heterocycles. The van der Waals surface area contributed by atoms with Crippen LogP contribution in [0.3, 0.4) is 0 Å². The second-order valence-corrected chi connectivity index (χ2v) is 27.3. The summed E-state index contributed by atoms with van der Waals surface area (Å²) in [6.45, 7) is 4.68. The van der Waals surface area contributed by atoms with Crippen LogP contribution in [0.1, 0.15) is 367 Å². The number of nitrogens with one attached hydrogen (secondary N) is 1. The Balaban J connectivity index is 3.93. The van der Waals surface area contributed by atoms with Crippen molar-refractivity contribution in [2.24, 2.45) is 0 Å². The molecule has 0 aliphatic heterocycles. The summed E-state index contributed by atoms with van der Waals surface area (Å²) < 4.78 is 23.4. The second kappa shape index (κ2) is 63.2. The molecule has 480 valence electrons. The van der Waals surface area contributed by atoms with Gasteiger partial charge >= 0.3 is 0 Å². The van der Waals surface area contributed by atoms with Crippen LogP contribution in [0, 0.1) is 0 Å². The van der Waals surface area contributed by atoms with Gasteiger partial charge in [0.2, 0.25) is 5.91 Å². The summed E-state index contributed by atoms with van der Waals surface area (Å²) in [5, 5.41) is 13.9. The molecule has 3 atom stereocenters. The summed E-state index contributed by atoms with van der Waals surface area (Å²) in [6, 6.07) is -0.902. The van der Waals surface area contributed by atoms with Crippen molar-refractivity contribution in [2.45, 2.75) is 379 Å². The van der Waals surface area contributed by atoms with E-state index in [-0.39, 0.29) is 19.1 Å². The Bertz CT molecular complexity index is 1410. The van der Waals surface area contributed by atoms with Crippen LogP contribution in [0.4, 0.5) is 0 Å². The Hall–Kier alpha value is -1.28. The number of allylic oxidation sites excluding steroid dienone is 5. The van der Waals surface area contributed by atoms with E-state index in [4.69, 9.17) is 9.05 Å². The maximum absolute atomic E-state index is 13.0. The molecule has 0 heterocycles. The molecule has 0 fully saturated rings. The zero-order valence-corrected chi connectivity index (χ0v) is 55.9. The van der Waals surface area contributed by atoms with Gasteiger partial charge in [-0.3, -0.25) is 9.36 Å². The number of aliphatic hydroxyl groups excluding tert-OH is 1. The van der Waals surface area contributed by atoms with Crippen molar-refractivity contribution in [1.82, 2.24) is 5.32 Å². The number of carbonyl (C=O) groups is 1. The van der Waals surface area contributed by atoms with Crippen LogP contribution in [0.15, 0.2) is 36.5 Å². The molecule has 0 saturated carbocycles. The molecule has 2 N–H and O–H groups in total. The van der Waals surface area contributed by atoms with E-state index < -0.39 is 20.0 Å². The van der Waals surface area contributed by atoms with Crippen molar-refractivity contribution in [3.05, 3.63) is 36.5 Å². The SMILES string of the molecule is CCCCCCCCCC/C=C\CCCCCCCCCCCCCCCCCCCCCCCCCCCCCC(=O)NC(COP(=O)([O-])OCC[N+](C)(C)C)C(O)/C=C/CC/C=C/CCCCCCCCCCCCCCCC. The summed E-state index contributed by atoms with van der Waals surface area (Å²) in [6.07, 6.45) is 84.4. The van der Waals surface area contributed by atoms with E-state index in [1.807, 2.05) is 27.2 Å². The largest absolute Gasteiger partial charge is 0.756 e. The molecule has 0 bridgehead atoms. The molecule has 0 aliphatic rings. The summed E-state index contributed by atoms with van der Waals surface area (Å²) in [4.78, 5) is 25.6. The quantitative estimate of drug-likeness (QED) is 0.0272. The lowest BCUT2D eigenvalue weighted by Crippen LogP contribution is -2.45. The number of nitrogens with zero attached hydrogens (tertiary/aromatic N) is 1. The normalized spacial score (nSPS) is 13.8. The van der Waals surface area contributed by atoms with E-state index in [1.54, 1.807) is 6.08 Å². The zero-order valence-electron chi connectivity index (χ0n) is 55.0. The van der Waals surface area contributed by atoms with E-state index in [9.17, 15) is 19.4 Å². The lowest BCUT2D eigenvalue weighted by molar-refractivity contribution is -0.870. The number of likely N-dealkylation sites (N-methyl/N-ethyl adjacent to an activating group) is 1. The molecule has 0 radical (unpaired) electrons. The van der Waals surface area contributed by atoms with Crippen molar-refractivity contribution in [1.29, 1.82) is 0 Å². The first-order valence-corrected chi connectivity index (χ1v) is 37.3. The molecule has 9 heteroatoms. The third-order valence-electron chi connectivity index (χ3n) is 16.6. The fourth-order valence-corrected chi connectivity index (χ4v) is 11.7. The summed E-state index contributed by atoms with van der Waals surface area (Å²) in [5.74, 6) is -0.199. The number of rotatable bonds is 67. The molecule has 81 heavy (non-hydrogen) atoms. The molecular formula is C72H141N2O6P. The number of phosphoric ester groups is 1. The monoisotopic (exact) mass is 1160 g/mol. The van der Waals surface area contributed by atoms with Gasteiger partial charge in [0, 0.05) is 6.42 Å². The van der Waals surface area contributed by atoms with Crippen molar-refractivity contribution in [3.63, 3.8) is 0 Å². The van der Waals surface area contributed by atoms with E-state index in [0.29, 0.717) is 17.4 Å². The lowest BCUT2D eigenvalue weighted by Gasteiger charge is -2.29. The van der Waals surface area contributed by atoms with Gasteiger partial charge in [0.15, 0.2) is 0 Å². The highest BCUT2D eigenvalue weighted by atomic mass is 31.2. The Morgan fingerprint density at radius 3 is 1.00 bits per heavy atom. The number of unbranched alkanes of at least 4 members (excludes halogenated alkanes) is 50. The smallest absolute Gasteiger partial charge is 0.268 e. The Morgan fingerprint density at radius 1 is 0.420 bits per heavy atom. The fourth-order valence-electron chi connectivity index (χ4n) is 11.0. The van der Waals surface area contributed by atoms with Gasteiger partial charge in [0.25, 0.3) is 7.82 Å². The first-order chi connectivity index (χ1) is 39.5. The Labute approximate surface area is 506 Å². The molecule has 0 rings (SSSR count). The number of hydrogen-bond acceptors (Lipinski definition) is 6. The molecule has 1 amide bonds. The average Bonchev–Trinajstić information content (AvgIpc) is 3.43. The number of phosphoric acid groups is 1. The molecule has 0 aromatic carbocycles. The van der Waals surface area contributed by atoms with E-state index in [0.717, 1.165) is 38.5 Å². The highest BCUT2D eigenvalue weighted by molar-refractivity contribution is 7.45.